The molecule has 2 aromatic rings. The highest BCUT2D eigenvalue weighted by molar-refractivity contribution is 6.00. The fourth-order valence-corrected chi connectivity index (χ4v) is 4.39. The second kappa shape index (κ2) is 9.43. The van der Waals surface area contributed by atoms with Gasteiger partial charge in [0.1, 0.15) is 5.82 Å². The van der Waals surface area contributed by atoms with E-state index >= 15 is 0 Å². The molecule has 7 heteroatoms. The molecular weight excluding hydrogens is 376 g/mol. The number of amides is 1. The number of benzene rings is 1. The van der Waals surface area contributed by atoms with Crippen molar-refractivity contribution in [3.8, 4) is 0 Å². The second-order valence-corrected chi connectivity index (χ2v) is 8.13. The number of carbonyl (C=O) groups is 1. The number of hydrogen-bond acceptors (Lipinski definition) is 6. The van der Waals surface area contributed by atoms with Gasteiger partial charge in [-0.15, -0.1) is 0 Å². The van der Waals surface area contributed by atoms with Crippen LogP contribution in [0.4, 0.5) is 23.1 Å². The van der Waals surface area contributed by atoms with Crippen molar-refractivity contribution < 1.29 is 4.79 Å². The molecule has 30 heavy (non-hydrogen) atoms. The summed E-state index contributed by atoms with van der Waals surface area (Å²) in [6, 6.07) is 8.36. The average Bonchev–Trinajstić information content (AvgIpc) is 3.37. The van der Waals surface area contributed by atoms with Crippen LogP contribution < -0.4 is 15.5 Å². The molecule has 1 aromatic carbocycles. The zero-order chi connectivity index (χ0) is 20.9. The number of likely N-dealkylation sites (tertiary alicyclic amines) is 1. The maximum absolute atomic E-state index is 12.5. The number of nitrogens with zero attached hydrogens (tertiary/aromatic N) is 4. The number of anilines is 4. The van der Waals surface area contributed by atoms with E-state index in [0.717, 1.165) is 48.7 Å². The normalized spacial score (nSPS) is 16.4. The van der Waals surface area contributed by atoms with E-state index in [9.17, 15) is 4.79 Å². The third kappa shape index (κ3) is 4.56. The lowest BCUT2D eigenvalue weighted by Crippen LogP contribution is -2.37. The van der Waals surface area contributed by atoms with Gasteiger partial charge in [-0.25, -0.2) is 4.98 Å². The van der Waals surface area contributed by atoms with E-state index in [1.54, 1.807) is 6.20 Å². The first kappa shape index (κ1) is 20.6. The van der Waals surface area contributed by atoms with E-state index in [0.29, 0.717) is 12.4 Å². The number of carbonyl (C=O) groups excluding carboxylic acids is 1. The Morgan fingerprint density at radius 1 is 1.13 bits per heavy atom. The van der Waals surface area contributed by atoms with Crippen molar-refractivity contribution in [2.75, 3.05) is 41.7 Å². The maximum atomic E-state index is 12.5. The third-order valence-corrected chi connectivity index (χ3v) is 6.06. The van der Waals surface area contributed by atoms with Gasteiger partial charge in [0.25, 0.3) is 0 Å². The minimum absolute atomic E-state index is 0.120. The quantitative estimate of drug-likeness (QED) is 0.657. The average molecular weight is 409 g/mol. The third-order valence-electron chi connectivity index (χ3n) is 6.06. The molecule has 0 radical (unpaired) electrons. The summed E-state index contributed by atoms with van der Waals surface area (Å²) in [6.07, 6.45) is 6.64. The lowest BCUT2D eigenvalue weighted by atomic mass is 10.1. The predicted octanol–water partition coefficient (Wildman–Crippen LogP) is 3.81. The highest BCUT2D eigenvalue weighted by Gasteiger charge is 2.33. The molecule has 2 aliphatic rings. The molecular formula is C23H32N6O. The standard InChI is InChI=1S/C23H32N6O/c1-3-20(4-2)29-21(30)14-17-16-25-23(27-22(17)29)26-19-9-7-8-18(15-19)24-10-13-28-11-5-6-12-28/h7-9,15-16,20,24H,3-6,10-14H2,1-2H3,(H,25,26,27). The van der Waals surface area contributed by atoms with E-state index < -0.39 is 0 Å². The van der Waals surface area contributed by atoms with E-state index in [-0.39, 0.29) is 11.9 Å². The Hall–Kier alpha value is -2.67. The van der Waals surface area contributed by atoms with Gasteiger partial charge in [-0.1, -0.05) is 19.9 Å². The molecule has 1 aromatic heterocycles. The molecule has 0 bridgehead atoms. The predicted molar refractivity (Wildman–Crippen MR) is 121 cm³/mol. The minimum atomic E-state index is 0.120. The first-order valence-electron chi connectivity index (χ1n) is 11.2. The molecule has 0 atom stereocenters. The van der Waals surface area contributed by atoms with Gasteiger partial charge in [0, 0.05) is 42.3 Å². The van der Waals surface area contributed by atoms with Crippen LogP contribution in [0.15, 0.2) is 30.5 Å². The Bertz CT molecular complexity index is 876. The summed E-state index contributed by atoms with van der Waals surface area (Å²) < 4.78 is 0. The maximum Gasteiger partial charge on any atom is 0.233 e. The van der Waals surface area contributed by atoms with Crippen LogP contribution in [0, 0.1) is 0 Å². The number of hydrogen-bond donors (Lipinski definition) is 2. The molecule has 0 aliphatic carbocycles. The number of rotatable bonds is 9. The van der Waals surface area contributed by atoms with Crippen LogP contribution in [0.1, 0.15) is 45.1 Å². The van der Waals surface area contributed by atoms with Gasteiger partial charge in [0.2, 0.25) is 11.9 Å². The fraction of sp³-hybridized carbons (Fsp3) is 0.522. The van der Waals surface area contributed by atoms with Crippen LogP contribution in [0.2, 0.25) is 0 Å². The first-order valence-corrected chi connectivity index (χ1v) is 11.2. The molecule has 3 heterocycles. The monoisotopic (exact) mass is 408 g/mol. The summed E-state index contributed by atoms with van der Waals surface area (Å²) in [5.41, 5.74) is 2.92. The number of aromatic nitrogens is 2. The Kier molecular flexibility index (Phi) is 6.47. The van der Waals surface area contributed by atoms with E-state index in [2.05, 4.69) is 46.5 Å². The van der Waals surface area contributed by atoms with Crippen LogP contribution in [-0.4, -0.2) is 53.0 Å². The van der Waals surface area contributed by atoms with Crippen LogP contribution in [0.25, 0.3) is 0 Å². The zero-order valence-electron chi connectivity index (χ0n) is 18.0. The summed E-state index contributed by atoms with van der Waals surface area (Å²) in [6.45, 7) is 8.67. The van der Waals surface area contributed by atoms with Crippen LogP contribution in [0.5, 0.6) is 0 Å². The fourth-order valence-electron chi connectivity index (χ4n) is 4.39. The van der Waals surface area contributed by atoms with Crippen LogP contribution in [0.3, 0.4) is 0 Å². The lowest BCUT2D eigenvalue weighted by Gasteiger charge is -2.25. The lowest BCUT2D eigenvalue weighted by molar-refractivity contribution is -0.117. The number of nitrogens with one attached hydrogen (secondary N) is 2. The molecule has 0 saturated carbocycles. The topological polar surface area (TPSA) is 73.4 Å². The largest absolute Gasteiger partial charge is 0.384 e. The van der Waals surface area contributed by atoms with Crippen molar-refractivity contribution in [2.45, 2.75) is 52.0 Å². The summed E-state index contributed by atoms with van der Waals surface area (Å²) in [5.74, 6) is 1.40. The molecule has 4 rings (SSSR count). The van der Waals surface area contributed by atoms with Crippen molar-refractivity contribution in [3.05, 3.63) is 36.0 Å². The molecule has 7 nitrogen and oxygen atoms in total. The van der Waals surface area contributed by atoms with Crippen molar-refractivity contribution in [3.63, 3.8) is 0 Å². The van der Waals surface area contributed by atoms with Crippen molar-refractivity contribution in [1.29, 1.82) is 0 Å². The smallest absolute Gasteiger partial charge is 0.233 e. The van der Waals surface area contributed by atoms with Gasteiger partial charge < -0.3 is 15.5 Å². The summed E-state index contributed by atoms with van der Waals surface area (Å²) in [5, 5.41) is 6.81. The molecule has 0 spiro atoms. The molecule has 2 aliphatic heterocycles. The summed E-state index contributed by atoms with van der Waals surface area (Å²) in [7, 11) is 0. The summed E-state index contributed by atoms with van der Waals surface area (Å²) in [4.78, 5) is 26.0. The van der Waals surface area contributed by atoms with E-state index in [4.69, 9.17) is 4.98 Å². The van der Waals surface area contributed by atoms with Crippen LogP contribution in [-0.2, 0) is 11.2 Å². The van der Waals surface area contributed by atoms with E-state index in [1.807, 2.05) is 17.0 Å². The van der Waals surface area contributed by atoms with Crippen molar-refractivity contribution in [2.24, 2.45) is 0 Å². The zero-order valence-corrected chi connectivity index (χ0v) is 18.0. The highest BCUT2D eigenvalue weighted by atomic mass is 16.2. The van der Waals surface area contributed by atoms with E-state index in [1.165, 1.54) is 25.9 Å². The molecule has 1 fully saturated rings. The second-order valence-electron chi connectivity index (χ2n) is 8.13. The molecule has 160 valence electrons. The van der Waals surface area contributed by atoms with Crippen molar-refractivity contribution >= 4 is 29.0 Å². The van der Waals surface area contributed by atoms with Gasteiger partial charge in [0.05, 0.1) is 6.42 Å². The molecule has 2 N–H and O–H groups in total. The molecule has 1 amide bonds. The van der Waals surface area contributed by atoms with Gasteiger partial charge in [0.15, 0.2) is 0 Å². The van der Waals surface area contributed by atoms with Gasteiger partial charge in [-0.3, -0.25) is 9.69 Å². The molecule has 0 unspecified atom stereocenters. The Labute approximate surface area is 178 Å². The van der Waals surface area contributed by atoms with Gasteiger partial charge in [-0.05, 0) is 57.0 Å². The minimum Gasteiger partial charge on any atom is -0.384 e. The Balaban J connectivity index is 1.43. The van der Waals surface area contributed by atoms with Gasteiger partial charge in [-0.2, -0.15) is 4.98 Å². The Morgan fingerprint density at radius 2 is 1.90 bits per heavy atom. The van der Waals surface area contributed by atoms with Crippen molar-refractivity contribution in [1.82, 2.24) is 14.9 Å². The summed E-state index contributed by atoms with van der Waals surface area (Å²) >= 11 is 0. The van der Waals surface area contributed by atoms with Gasteiger partial charge >= 0.3 is 0 Å². The SMILES string of the molecule is CCC(CC)N1C(=O)Cc2cnc(Nc3cccc(NCCN4CCCC4)c3)nc21. The van der Waals surface area contributed by atoms with Crippen LogP contribution >= 0.6 is 0 Å². The number of fused-ring (bicyclic) bond motifs is 1. The Morgan fingerprint density at radius 3 is 2.67 bits per heavy atom. The highest BCUT2D eigenvalue weighted by Crippen LogP contribution is 2.31. The first-order chi connectivity index (χ1) is 14.7. The molecule has 1 saturated heterocycles.